The monoisotopic (exact) mass is 457 g/mol. The fourth-order valence-corrected chi connectivity index (χ4v) is 3.18. The first-order valence-electron chi connectivity index (χ1n) is 10.5. The Morgan fingerprint density at radius 2 is 2.06 bits per heavy atom. The number of ether oxygens (including phenoxy) is 1. The summed E-state index contributed by atoms with van der Waals surface area (Å²) in [5.41, 5.74) is 16.9. The van der Waals surface area contributed by atoms with Crippen molar-refractivity contribution in [3.05, 3.63) is 77.9 Å². The van der Waals surface area contributed by atoms with Gasteiger partial charge in [0.15, 0.2) is 11.6 Å². The van der Waals surface area contributed by atoms with Crippen molar-refractivity contribution in [3.63, 3.8) is 0 Å². The number of aromatic nitrogens is 2. The van der Waals surface area contributed by atoms with E-state index in [2.05, 4.69) is 30.5 Å². The summed E-state index contributed by atoms with van der Waals surface area (Å²) in [5, 5.41) is 10.1. The minimum atomic E-state index is 0.299. The van der Waals surface area contributed by atoms with E-state index in [0.29, 0.717) is 47.3 Å². The summed E-state index contributed by atoms with van der Waals surface area (Å²) in [6.07, 6.45) is 5.90. The lowest BCUT2D eigenvalue weighted by Gasteiger charge is -2.13. The molecule has 0 amide bonds. The van der Waals surface area contributed by atoms with Gasteiger partial charge in [-0.25, -0.2) is 15.5 Å². The Hall–Kier alpha value is -4.60. The summed E-state index contributed by atoms with van der Waals surface area (Å²) < 4.78 is 6.13. The maximum absolute atomic E-state index is 7.06. The average Bonchev–Trinajstić information content (AvgIpc) is 2.85. The Bertz CT molecular complexity index is 1230. The SMILES string of the molecule is CN=C/C(=C\N)c1nc(C)ccc1Oc1ccnc(Nc2cccc(CC/C(N=N)=N/N)c2)c1. The number of allylic oxidation sites excluding steroid dienone is 1. The lowest BCUT2D eigenvalue weighted by Crippen LogP contribution is -2.01. The highest BCUT2D eigenvalue weighted by atomic mass is 16.5. The molecule has 0 saturated carbocycles. The fourth-order valence-electron chi connectivity index (χ4n) is 3.18. The van der Waals surface area contributed by atoms with Gasteiger partial charge in [0.2, 0.25) is 0 Å². The Kier molecular flexibility index (Phi) is 8.39. The molecule has 0 fully saturated rings. The summed E-state index contributed by atoms with van der Waals surface area (Å²) >= 11 is 0. The number of aliphatic imine (C=N–C) groups is 1. The van der Waals surface area contributed by atoms with Gasteiger partial charge in [0.25, 0.3) is 0 Å². The number of rotatable bonds is 9. The van der Waals surface area contributed by atoms with E-state index in [1.807, 2.05) is 43.3 Å². The number of nitrogens with one attached hydrogen (secondary N) is 2. The fraction of sp³-hybridized carbons (Fsp3) is 0.167. The molecule has 0 saturated heterocycles. The van der Waals surface area contributed by atoms with Gasteiger partial charge in [-0.15, -0.1) is 5.11 Å². The summed E-state index contributed by atoms with van der Waals surface area (Å²) in [5.74, 6) is 7.29. The Balaban J connectivity index is 1.78. The first-order chi connectivity index (χ1) is 16.6. The van der Waals surface area contributed by atoms with Gasteiger partial charge in [-0.3, -0.25) is 4.99 Å². The predicted octanol–water partition coefficient (Wildman–Crippen LogP) is 4.56. The van der Waals surface area contributed by atoms with Crippen LogP contribution in [0.1, 0.15) is 23.4 Å². The van der Waals surface area contributed by atoms with E-state index in [4.69, 9.17) is 21.8 Å². The van der Waals surface area contributed by atoms with Gasteiger partial charge in [-0.05, 0) is 49.2 Å². The second-order valence-corrected chi connectivity index (χ2v) is 7.27. The van der Waals surface area contributed by atoms with E-state index in [0.717, 1.165) is 16.9 Å². The molecular weight excluding hydrogens is 430 g/mol. The quantitative estimate of drug-likeness (QED) is 0.121. The molecular formula is C24H27N9O. The molecule has 3 aromatic rings. The molecule has 0 aliphatic carbocycles. The van der Waals surface area contributed by atoms with Crippen molar-refractivity contribution in [2.45, 2.75) is 19.8 Å². The molecule has 1 aromatic carbocycles. The normalized spacial score (nSPS) is 12.1. The molecule has 2 heterocycles. The van der Waals surface area contributed by atoms with Gasteiger partial charge >= 0.3 is 0 Å². The zero-order chi connectivity index (χ0) is 24.3. The first kappa shape index (κ1) is 24.1. The molecule has 0 radical (unpaired) electrons. The number of benzene rings is 1. The number of anilines is 2. The number of pyridine rings is 2. The molecule has 0 atom stereocenters. The minimum absolute atomic E-state index is 0.299. The second kappa shape index (κ2) is 11.9. The van der Waals surface area contributed by atoms with E-state index in [1.165, 1.54) is 6.20 Å². The molecule has 0 spiro atoms. The van der Waals surface area contributed by atoms with Gasteiger partial charge in [0, 0.05) is 55.1 Å². The summed E-state index contributed by atoms with van der Waals surface area (Å²) in [6, 6.07) is 15.2. The molecule has 0 bridgehead atoms. The maximum Gasteiger partial charge on any atom is 0.170 e. The number of aryl methyl sites for hydroxylation is 2. The number of nitrogens with two attached hydrogens (primary N) is 2. The van der Waals surface area contributed by atoms with Crippen molar-refractivity contribution in [3.8, 4) is 11.5 Å². The molecule has 2 aromatic heterocycles. The van der Waals surface area contributed by atoms with Gasteiger partial charge in [0.1, 0.15) is 17.3 Å². The molecule has 0 aliphatic rings. The third kappa shape index (κ3) is 6.45. The second-order valence-electron chi connectivity index (χ2n) is 7.27. The highest BCUT2D eigenvalue weighted by Crippen LogP contribution is 2.30. The summed E-state index contributed by atoms with van der Waals surface area (Å²) in [4.78, 5) is 13.0. The predicted molar refractivity (Wildman–Crippen MR) is 135 cm³/mol. The van der Waals surface area contributed by atoms with Crippen molar-refractivity contribution in [1.82, 2.24) is 9.97 Å². The molecule has 10 heteroatoms. The number of hydrazone groups is 1. The van der Waals surface area contributed by atoms with Crippen molar-refractivity contribution in [2.75, 3.05) is 12.4 Å². The third-order valence-corrected chi connectivity index (χ3v) is 4.79. The molecule has 3 rings (SSSR count). The van der Waals surface area contributed by atoms with E-state index < -0.39 is 0 Å². The van der Waals surface area contributed by atoms with Crippen LogP contribution in [0.3, 0.4) is 0 Å². The minimum Gasteiger partial charge on any atom is -0.455 e. The van der Waals surface area contributed by atoms with Crippen LogP contribution in [0.15, 0.2) is 76.1 Å². The Labute approximate surface area is 198 Å². The molecule has 10 nitrogen and oxygen atoms in total. The number of hydrogen-bond acceptors (Lipinski definition) is 9. The van der Waals surface area contributed by atoms with Crippen molar-refractivity contribution < 1.29 is 4.74 Å². The van der Waals surface area contributed by atoms with Crippen LogP contribution in [0.2, 0.25) is 0 Å². The van der Waals surface area contributed by atoms with E-state index >= 15 is 0 Å². The van der Waals surface area contributed by atoms with Crippen molar-refractivity contribution in [1.29, 1.82) is 5.53 Å². The van der Waals surface area contributed by atoms with Crippen LogP contribution in [0.5, 0.6) is 11.5 Å². The topological polar surface area (TPSA) is 160 Å². The highest BCUT2D eigenvalue weighted by molar-refractivity contribution is 6.09. The highest BCUT2D eigenvalue weighted by Gasteiger charge is 2.12. The molecule has 6 N–H and O–H groups in total. The van der Waals surface area contributed by atoms with Crippen molar-refractivity contribution in [2.24, 2.45) is 26.8 Å². The lowest BCUT2D eigenvalue weighted by molar-refractivity contribution is 0.478. The van der Waals surface area contributed by atoms with Crippen LogP contribution in [-0.4, -0.2) is 29.1 Å². The molecule has 0 aliphatic heterocycles. The van der Waals surface area contributed by atoms with Crippen LogP contribution in [0.4, 0.5) is 11.5 Å². The number of hydrogen-bond donors (Lipinski definition) is 4. The summed E-state index contributed by atoms with van der Waals surface area (Å²) in [7, 11) is 1.67. The van der Waals surface area contributed by atoms with Gasteiger partial charge in [0.05, 0.1) is 0 Å². The Morgan fingerprint density at radius 1 is 1.21 bits per heavy atom. The molecule has 34 heavy (non-hydrogen) atoms. The van der Waals surface area contributed by atoms with Gasteiger partial charge < -0.3 is 21.6 Å². The van der Waals surface area contributed by atoms with Crippen LogP contribution < -0.4 is 21.6 Å². The van der Waals surface area contributed by atoms with Crippen LogP contribution in [0.25, 0.3) is 5.57 Å². The maximum atomic E-state index is 7.06. The first-order valence-corrected chi connectivity index (χ1v) is 10.5. The Morgan fingerprint density at radius 3 is 2.79 bits per heavy atom. The standard InChI is InChI=1S/C24H27N9O/c1-16-6-8-21(24(30-16)18(14-25)15-28-2)34-20-10-11-29-23(13-20)31-19-5-3-4-17(12-19)7-9-22(32-26)33-27/h3-6,8,10-15,26H,7,9,25,27H2,1-2H3,(H,29,31)/b18-14+,28-15?,32-26?,33-22-. The van der Waals surface area contributed by atoms with E-state index in [1.54, 1.807) is 31.6 Å². The van der Waals surface area contributed by atoms with Crippen LogP contribution >= 0.6 is 0 Å². The van der Waals surface area contributed by atoms with E-state index in [9.17, 15) is 0 Å². The van der Waals surface area contributed by atoms with Crippen LogP contribution in [0, 0.1) is 12.5 Å². The smallest absolute Gasteiger partial charge is 0.170 e. The summed E-state index contributed by atoms with van der Waals surface area (Å²) in [6.45, 7) is 1.90. The van der Waals surface area contributed by atoms with Gasteiger partial charge in [-0.2, -0.15) is 5.10 Å². The number of amidine groups is 1. The van der Waals surface area contributed by atoms with Gasteiger partial charge in [-0.1, -0.05) is 12.1 Å². The largest absolute Gasteiger partial charge is 0.455 e. The number of nitrogens with zero attached hydrogens (tertiary/aromatic N) is 5. The molecule has 0 unspecified atom stereocenters. The van der Waals surface area contributed by atoms with Crippen molar-refractivity contribution >= 4 is 29.1 Å². The zero-order valence-corrected chi connectivity index (χ0v) is 19.1. The average molecular weight is 458 g/mol. The molecule has 174 valence electrons. The lowest BCUT2D eigenvalue weighted by atomic mass is 10.1. The third-order valence-electron chi connectivity index (χ3n) is 4.79. The van der Waals surface area contributed by atoms with E-state index in [-0.39, 0.29) is 0 Å². The zero-order valence-electron chi connectivity index (χ0n) is 19.1. The van der Waals surface area contributed by atoms with Crippen LogP contribution in [-0.2, 0) is 6.42 Å².